The number of aromatic nitrogens is 1. The second-order valence-electron chi connectivity index (χ2n) is 9.00. The number of ether oxygens (including phenoxy) is 1. The van der Waals surface area contributed by atoms with Crippen LogP contribution in [0.2, 0.25) is 0 Å². The smallest absolute Gasteiger partial charge is 0.458 e. The molecular formula is C29H30F6N6O6. The Kier molecular flexibility index (Phi) is 14.5. The van der Waals surface area contributed by atoms with Crippen LogP contribution in [0.4, 0.5) is 32.0 Å². The minimum atomic E-state index is -5.77. The van der Waals surface area contributed by atoms with E-state index in [1.807, 2.05) is 12.1 Å². The number of halogens is 6. The summed E-state index contributed by atoms with van der Waals surface area (Å²) in [7, 11) is 0. The largest absolute Gasteiger partial charge is 0.466 e. The van der Waals surface area contributed by atoms with Crippen molar-refractivity contribution in [2.75, 3.05) is 13.2 Å². The number of pyridine rings is 1. The third-order valence-electron chi connectivity index (χ3n) is 5.58. The van der Waals surface area contributed by atoms with Crippen LogP contribution in [-0.2, 0) is 23.9 Å². The van der Waals surface area contributed by atoms with Crippen molar-refractivity contribution in [3.8, 4) is 0 Å². The Labute approximate surface area is 263 Å². The number of hydrogen-bond acceptors (Lipinski definition) is 8. The van der Waals surface area contributed by atoms with Crippen molar-refractivity contribution < 1.29 is 55.1 Å². The van der Waals surface area contributed by atoms with Crippen molar-refractivity contribution in [1.82, 2.24) is 15.6 Å². The van der Waals surface area contributed by atoms with Gasteiger partial charge in [-0.25, -0.2) is 4.99 Å². The molecule has 254 valence electrons. The maximum absolute atomic E-state index is 12.9. The Balaban J connectivity index is 0.000000725. The van der Waals surface area contributed by atoms with Gasteiger partial charge in [0.1, 0.15) is 0 Å². The fraction of sp³-hybridized carbons (Fsp3) is 0.276. The first-order valence-electron chi connectivity index (χ1n) is 12.9. The third-order valence-corrected chi connectivity index (χ3v) is 5.58. The lowest BCUT2D eigenvalue weighted by Gasteiger charge is -2.18. The van der Waals surface area contributed by atoms with Crippen LogP contribution in [0, 0.1) is 0 Å². The van der Waals surface area contributed by atoms with E-state index in [1.54, 1.807) is 55.7 Å². The number of amides is 2. The molecule has 0 fully saturated rings. The summed E-state index contributed by atoms with van der Waals surface area (Å²) >= 11 is 0. The van der Waals surface area contributed by atoms with E-state index in [4.69, 9.17) is 16.2 Å². The maximum Gasteiger partial charge on any atom is 0.458 e. The number of Topliss-reactive ketones (excluding diaryl/α,β-unsaturated/α-hetero) is 2. The summed E-state index contributed by atoms with van der Waals surface area (Å²) in [5.41, 5.74) is 12.3. The number of nitrogens with two attached hydrogens (primary N) is 2. The van der Waals surface area contributed by atoms with E-state index in [1.165, 1.54) is 0 Å². The van der Waals surface area contributed by atoms with Gasteiger partial charge in [0, 0.05) is 18.0 Å². The fourth-order valence-electron chi connectivity index (χ4n) is 3.68. The summed E-state index contributed by atoms with van der Waals surface area (Å²) in [6.07, 6.45) is -8.46. The molecule has 0 aliphatic rings. The number of esters is 1. The lowest BCUT2D eigenvalue weighted by Crippen LogP contribution is -2.39. The quantitative estimate of drug-likeness (QED) is 0.0819. The molecule has 3 rings (SSSR count). The minimum absolute atomic E-state index is 0. The number of guanidine groups is 1. The number of aliphatic imine (C=N–C) groups is 1. The van der Waals surface area contributed by atoms with Crippen LogP contribution in [0.5, 0.6) is 0 Å². The first-order chi connectivity index (χ1) is 21.4. The second kappa shape index (κ2) is 17.2. The Morgan fingerprint density at radius 3 is 2.09 bits per heavy atom. The van der Waals surface area contributed by atoms with E-state index in [-0.39, 0.29) is 33.0 Å². The summed E-state index contributed by atoms with van der Waals surface area (Å²) in [4.78, 5) is 64.9. The molecule has 1 heterocycles. The molecular weight excluding hydrogens is 642 g/mol. The van der Waals surface area contributed by atoms with Gasteiger partial charge in [-0.05, 0) is 41.5 Å². The summed E-state index contributed by atoms with van der Waals surface area (Å²) in [6.45, 7) is 1.63. The van der Waals surface area contributed by atoms with Gasteiger partial charge in [-0.3, -0.25) is 29.0 Å². The molecule has 1 atom stereocenters. The van der Waals surface area contributed by atoms with Gasteiger partial charge in [0.05, 0.1) is 31.3 Å². The summed E-state index contributed by atoms with van der Waals surface area (Å²) < 4.78 is 72.0. The van der Waals surface area contributed by atoms with Crippen LogP contribution < -0.4 is 22.1 Å². The third kappa shape index (κ3) is 12.4. The summed E-state index contributed by atoms with van der Waals surface area (Å²) in [6, 6.07) is 13.4. The number of hydrogen-bond donors (Lipinski definition) is 4. The van der Waals surface area contributed by atoms with E-state index >= 15 is 0 Å². The zero-order valence-corrected chi connectivity index (χ0v) is 23.7. The highest BCUT2D eigenvalue weighted by Gasteiger charge is 2.54. The molecule has 0 aliphatic carbocycles. The number of carbonyl (C=O) groups excluding carboxylic acids is 5. The number of nitrogens with zero attached hydrogens (tertiary/aromatic N) is 2. The number of nitrogens with one attached hydrogen (secondary N) is 2. The van der Waals surface area contributed by atoms with Gasteiger partial charge in [-0.15, -0.1) is 0 Å². The molecule has 0 spiro atoms. The average molecular weight is 673 g/mol. The molecule has 18 heteroatoms. The number of rotatable bonds is 10. The lowest BCUT2D eigenvalue weighted by atomic mass is 10.0. The van der Waals surface area contributed by atoms with Crippen LogP contribution in [0.15, 0.2) is 65.9 Å². The SMILES string of the molecule is C.CCOC(=O)CC(NC(=O)CNC(=O)c1cc(N=C(N)N)cc2ccccc12)c1cccnc1.O=C(C(=O)C(F)(F)F)C(F)(F)F. The normalized spacial score (nSPS) is 11.5. The molecule has 0 bridgehead atoms. The van der Waals surface area contributed by atoms with Gasteiger partial charge in [-0.2, -0.15) is 26.3 Å². The van der Waals surface area contributed by atoms with Crippen molar-refractivity contribution in [2.45, 2.75) is 39.2 Å². The van der Waals surface area contributed by atoms with Crippen LogP contribution in [-0.4, -0.2) is 65.8 Å². The summed E-state index contributed by atoms with van der Waals surface area (Å²) in [5.74, 6) is -8.35. The van der Waals surface area contributed by atoms with Crippen molar-refractivity contribution in [3.63, 3.8) is 0 Å². The predicted molar refractivity (Wildman–Crippen MR) is 157 cm³/mol. The fourth-order valence-corrected chi connectivity index (χ4v) is 3.68. The van der Waals surface area contributed by atoms with Crippen LogP contribution in [0.25, 0.3) is 10.8 Å². The Bertz CT molecular complexity index is 1580. The maximum atomic E-state index is 12.9. The van der Waals surface area contributed by atoms with Gasteiger partial charge in [0.25, 0.3) is 5.91 Å². The number of benzene rings is 2. The Morgan fingerprint density at radius 2 is 1.55 bits per heavy atom. The molecule has 1 unspecified atom stereocenters. The minimum Gasteiger partial charge on any atom is -0.466 e. The molecule has 1 aromatic heterocycles. The van der Waals surface area contributed by atoms with Crippen molar-refractivity contribution in [1.29, 1.82) is 0 Å². The van der Waals surface area contributed by atoms with Crippen molar-refractivity contribution >= 4 is 51.8 Å². The van der Waals surface area contributed by atoms with Gasteiger partial charge >= 0.3 is 29.9 Å². The molecule has 0 radical (unpaired) electrons. The highest BCUT2D eigenvalue weighted by Crippen LogP contribution is 2.26. The monoisotopic (exact) mass is 672 g/mol. The van der Waals surface area contributed by atoms with Crippen molar-refractivity contribution in [2.24, 2.45) is 16.5 Å². The first kappa shape index (κ1) is 39.5. The summed E-state index contributed by atoms with van der Waals surface area (Å²) in [5, 5.41) is 6.82. The average Bonchev–Trinajstić information content (AvgIpc) is 2.98. The zero-order valence-electron chi connectivity index (χ0n) is 23.7. The number of ketones is 2. The number of alkyl halides is 6. The highest BCUT2D eigenvalue weighted by molar-refractivity contribution is 6.41. The van der Waals surface area contributed by atoms with Gasteiger partial charge in [-0.1, -0.05) is 37.8 Å². The van der Waals surface area contributed by atoms with E-state index in [2.05, 4.69) is 20.6 Å². The van der Waals surface area contributed by atoms with Crippen molar-refractivity contribution in [3.05, 3.63) is 72.1 Å². The molecule has 0 aliphatic heterocycles. The zero-order chi connectivity index (χ0) is 34.7. The lowest BCUT2D eigenvalue weighted by molar-refractivity contribution is -0.193. The molecule has 0 saturated heterocycles. The molecule has 3 aromatic rings. The molecule has 6 N–H and O–H groups in total. The van der Waals surface area contributed by atoms with E-state index in [9.17, 15) is 50.3 Å². The molecule has 12 nitrogen and oxygen atoms in total. The standard InChI is InChI=1S/C24H26N6O4.C4F6O2.CH4/c1-2-34-22(32)12-20(16-7-5-9-27-13-16)30-21(31)14-28-23(33)19-11-17(29-24(25)26)10-15-6-3-4-8-18(15)19;5-3(6,7)1(11)2(12)4(8,9)10;/h3-11,13,20H,2,12,14H2,1H3,(H,28,33)(H,30,31)(H4,25,26,29);;1H4. The Morgan fingerprint density at radius 1 is 0.936 bits per heavy atom. The predicted octanol–water partition coefficient (Wildman–Crippen LogP) is 3.57. The van der Waals surface area contributed by atoms with Crippen LogP contribution >= 0.6 is 0 Å². The van der Waals surface area contributed by atoms with Gasteiger partial charge in [0.2, 0.25) is 5.91 Å². The van der Waals surface area contributed by atoms with Crippen LogP contribution in [0.3, 0.4) is 0 Å². The topological polar surface area (TPSA) is 196 Å². The van der Waals surface area contributed by atoms with E-state index in [0.717, 1.165) is 5.39 Å². The number of carbonyl (C=O) groups is 5. The molecule has 0 saturated carbocycles. The Hall–Kier alpha value is -5.55. The van der Waals surface area contributed by atoms with Crippen LogP contribution in [0.1, 0.15) is 42.7 Å². The molecule has 2 aromatic carbocycles. The van der Waals surface area contributed by atoms with E-state index in [0.29, 0.717) is 22.2 Å². The second-order valence-corrected chi connectivity index (χ2v) is 9.00. The van der Waals surface area contributed by atoms with Gasteiger partial charge < -0.3 is 26.8 Å². The van der Waals surface area contributed by atoms with Gasteiger partial charge in [0.15, 0.2) is 5.96 Å². The molecule has 2 amide bonds. The van der Waals surface area contributed by atoms with E-state index < -0.39 is 47.7 Å². The molecule has 47 heavy (non-hydrogen) atoms. The highest BCUT2D eigenvalue weighted by atomic mass is 19.4. The number of fused-ring (bicyclic) bond motifs is 1. The first-order valence-corrected chi connectivity index (χ1v) is 12.9.